The molecule has 0 saturated carbocycles. The van der Waals surface area contributed by atoms with Gasteiger partial charge in [0.15, 0.2) is 0 Å². The highest BCUT2D eigenvalue weighted by atomic mass is 35.5. The molecule has 0 unspecified atom stereocenters. The summed E-state index contributed by atoms with van der Waals surface area (Å²) in [4.78, 5) is 12.3. The van der Waals surface area contributed by atoms with Gasteiger partial charge < -0.3 is 10.1 Å². The topological polar surface area (TPSA) is 38.3 Å². The Hall–Kier alpha value is -1.36. The van der Waals surface area contributed by atoms with Gasteiger partial charge in [-0.25, -0.2) is 0 Å². The number of hydrogen-bond acceptors (Lipinski definition) is 3. The molecular formula is C20H23Cl2NO2S. The van der Waals surface area contributed by atoms with E-state index >= 15 is 0 Å². The monoisotopic (exact) mass is 411 g/mol. The normalized spacial score (nSPS) is 11.9. The fourth-order valence-electron chi connectivity index (χ4n) is 2.67. The summed E-state index contributed by atoms with van der Waals surface area (Å²) in [7, 11) is 1.66. The molecule has 0 bridgehead atoms. The molecule has 2 aromatic rings. The SMILES string of the molecule is CC[C@@H](NC(=O)CSCc1ccc(Cl)c(Cl)c1)c1ccc(OC)c(C)c1. The lowest BCUT2D eigenvalue weighted by molar-refractivity contribution is -0.119. The zero-order chi connectivity index (χ0) is 19.1. The number of ether oxygens (including phenoxy) is 1. The minimum Gasteiger partial charge on any atom is -0.496 e. The lowest BCUT2D eigenvalue weighted by atomic mass is 10.0. The number of benzene rings is 2. The predicted molar refractivity (Wildman–Crippen MR) is 112 cm³/mol. The third kappa shape index (κ3) is 5.83. The van der Waals surface area contributed by atoms with Crippen molar-refractivity contribution in [3.05, 3.63) is 63.1 Å². The molecule has 0 heterocycles. The highest BCUT2D eigenvalue weighted by Gasteiger charge is 2.14. The number of methoxy groups -OCH3 is 1. The number of carbonyl (C=O) groups is 1. The van der Waals surface area contributed by atoms with Gasteiger partial charge in [-0.2, -0.15) is 0 Å². The molecule has 1 atom stereocenters. The summed E-state index contributed by atoms with van der Waals surface area (Å²) >= 11 is 13.5. The Morgan fingerprint density at radius 3 is 2.58 bits per heavy atom. The van der Waals surface area contributed by atoms with Gasteiger partial charge in [-0.3, -0.25) is 4.79 Å². The van der Waals surface area contributed by atoms with Gasteiger partial charge >= 0.3 is 0 Å². The fraction of sp³-hybridized carbons (Fsp3) is 0.350. The van der Waals surface area contributed by atoms with E-state index in [1.165, 1.54) is 0 Å². The number of hydrogen-bond donors (Lipinski definition) is 1. The Labute approximate surface area is 169 Å². The second kappa shape index (κ2) is 10.1. The molecule has 0 aliphatic rings. The van der Waals surface area contributed by atoms with Crippen LogP contribution in [0.1, 0.15) is 36.1 Å². The first kappa shape index (κ1) is 20.9. The molecule has 0 aromatic heterocycles. The van der Waals surface area contributed by atoms with Crippen LogP contribution in [0.5, 0.6) is 5.75 Å². The summed E-state index contributed by atoms with van der Waals surface area (Å²) < 4.78 is 5.30. The quantitative estimate of drug-likeness (QED) is 0.595. The summed E-state index contributed by atoms with van der Waals surface area (Å²) in [5.41, 5.74) is 3.20. The smallest absolute Gasteiger partial charge is 0.230 e. The van der Waals surface area contributed by atoms with E-state index in [9.17, 15) is 4.79 Å². The number of thioether (sulfide) groups is 1. The molecule has 1 N–H and O–H groups in total. The number of carbonyl (C=O) groups excluding carboxylic acids is 1. The number of amides is 1. The van der Waals surface area contributed by atoms with E-state index in [1.54, 1.807) is 24.9 Å². The summed E-state index contributed by atoms with van der Waals surface area (Å²) in [6, 6.07) is 11.5. The Morgan fingerprint density at radius 2 is 1.96 bits per heavy atom. The van der Waals surface area contributed by atoms with Crippen LogP contribution < -0.4 is 10.1 Å². The molecule has 0 aliphatic carbocycles. The second-order valence-electron chi connectivity index (χ2n) is 6.00. The van der Waals surface area contributed by atoms with E-state index in [1.807, 2.05) is 31.2 Å². The van der Waals surface area contributed by atoms with E-state index in [2.05, 4.69) is 18.3 Å². The van der Waals surface area contributed by atoms with Gasteiger partial charge in [-0.1, -0.05) is 48.3 Å². The van der Waals surface area contributed by atoms with Crippen LogP contribution in [-0.4, -0.2) is 18.8 Å². The van der Waals surface area contributed by atoms with Crippen molar-refractivity contribution < 1.29 is 9.53 Å². The molecule has 26 heavy (non-hydrogen) atoms. The molecule has 140 valence electrons. The van der Waals surface area contributed by atoms with Gasteiger partial charge in [0.2, 0.25) is 5.91 Å². The van der Waals surface area contributed by atoms with E-state index < -0.39 is 0 Å². The van der Waals surface area contributed by atoms with Crippen molar-refractivity contribution in [2.75, 3.05) is 12.9 Å². The van der Waals surface area contributed by atoms with Crippen molar-refractivity contribution in [3.8, 4) is 5.75 Å². The first-order chi connectivity index (χ1) is 12.4. The fourth-order valence-corrected chi connectivity index (χ4v) is 3.77. The van der Waals surface area contributed by atoms with Crippen molar-refractivity contribution in [3.63, 3.8) is 0 Å². The van der Waals surface area contributed by atoms with Crippen LogP contribution >= 0.6 is 35.0 Å². The molecule has 0 aliphatic heterocycles. The van der Waals surface area contributed by atoms with Crippen LogP contribution in [0.25, 0.3) is 0 Å². The summed E-state index contributed by atoms with van der Waals surface area (Å²) in [6.45, 7) is 4.07. The lowest BCUT2D eigenvalue weighted by Gasteiger charge is -2.19. The summed E-state index contributed by atoms with van der Waals surface area (Å²) in [5.74, 6) is 1.98. The first-order valence-corrected chi connectivity index (χ1v) is 10.3. The maximum absolute atomic E-state index is 12.3. The largest absolute Gasteiger partial charge is 0.496 e. The third-order valence-corrected chi connectivity index (χ3v) is 5.79. The molecule has 0 spiro atoms. The van der Waals surface area contributed by atoms with Crippen LogP contribution in [0, 0.1) is 6.92 Å². The molecule has 0 saturated heterocycles. The lowest BCUT2D eigenvalue weighted by Crippen LogP contribution is -2.29. The van der Waals surface area contributed by atoms with E-state index in [4.69, 9.17) is 27.9 Å². The molecule has 2 rings (SSSR count). The van der Waals surface area contributed by atoms with Crippen molar-refractivity contribution in [2.45, 2.75) is 32.1 Å². The van der Waals surface area contributed by atoms with Crippen molar-refractivity contribution in [1.82, 2.24) is 5.32 Å². The highest BCUT2D eigenvalue weighted by Crippen LogP contribution is 2.26. The first-order valence-electron chi connectivity index (χ1n) is 8.40. The molecular weight excluding hydrogens is 389 g/mol. The average molecular weight is 412 g/mol. The van der Waals surface area contributed by atoms with Crippen LogP contribution in [0.4, 0.5) is 0 Å². The zero-order valence-corrected chi connectivity index (χ0v) is 17.5. The molecule has 2 aromatic carbocycles. The molecule has 1 amide bonds. The number of aryl methyl sites for hydroxylation is 1. The molecule has 0 fully saturated rings. The van der Waals surface area contributed by atoms with Crippen LogP contribution in [0.3, 0.4) is 0 Å². The van der Waals surface area contributed by atoms with Gasteiger partial charge in [0, 0.05) is 5.75 Å². The van der Waals surface area contributed by atoms with E-state index in [-0.39, 0.29) is 11.9 Å². The van der Waals surface area contributed by atoms with Crippen molar-refractivity contribution in [2.24, 2.45) is 0 Å². The minimum atomic E-state index is -0.00215. The van der Waals surface area contributed by atoms with Crippen LogP contribution in [0.2, 0.25) is 10.0 Å². The Bertz CT molecular complexity index is 767. The number of nitrogens with one attached hydrogen (secondary N) is 1. The molecule has 0 radical (unpaired) electrons. The maximum Gasteiger partial charge on any atom is 0.230 e. The van der Waals surface area contributed by atoms with Crippen LogP contribution in [-0.2, 0) is 10.5 Å². The number of rotatable bonds is 8. The van der Waals surface area contributed by atoms with Gasteiger partial charge in [0.05, 0.1) is 28.9 Å². The average Bonchev–Trinajstić information content (AvgIpc) is 2.62. The summed E-state index contributed by atoms with van der Waals surface area (Å²) in [5, 5.41) is 4.18. The van der Waals surface area contributed by atoms with Gasteiger partial charge in [-0.05, 0) is 48.2 Å². The van der Waals surface area contributed by atoms with Gasteiger partial charge in [0.1, 0.15) is 5.75 Å². The van der Waals surface area contributed by atoms with E-state index in [0.717, 1.165) is 28.9 Å². The van der Waals surface area contributed by atoms with Crippen molar-refractivity contribution >= 4 is 40.9 Å². The van der Waals surface area contributed by atoms with E-state index in [0.29, 0.717) is 21.6 Å². The Balaban J connectivity index is 1.88. The molecule has 6 heteroatoms. The molecule has 3 nitrogen and oxygen atoms in total. The van der Waals surface area contributed by atoms with Crippen molar-refractivity contribution in [1.29, 1.82) is 0 Å². The standard InChI is InChI=1S/C20H23Cl2NO2S/c1-4-18(15-6-8-19(25-3)13(2)9-15)23-20(24)12-26-11-14-5-7-16(21)17(22)10-14/h5-10,18H,4,11-12H2,1-3H3,(H,23,24)/t18-/m1/s1. The Kier molecular flexibility index (Phi) is 8.14. The zero-order valence-electron chi connectivity index (χ0n) is 15.1. The summed E-state index contributed by atoms with van der Waals surface area (Å²) in [6.07, 6.45) is 0.828. The van der Waals surface area contributed by atoms with Gasteiger partial charge in [0.25, 0.3) is 0 Å². The van der Waals surface area contributed by atoms with Crippen LogP contribution in [0.15, 0.2) is 36.4 Å². The van der Waals surface area contributed by atoms with Gasteiger partial charge in [-0.15, -0.1) is 11.8 Å². The predicted octanol–water partition coefficient (Wildman–Crippen LogP) is 5.81. The second-order valence-corrected chi connectivity index (χ2v) is 7.80. The minimum absolute atomic E-state index is 0.00215. The third-order valence-electron chi connectivity index (χ3n) is 4.05. The number of halogens is 2. The Morgan fingerprint density at radius 1 is 1.19 bits per heavy atom. The maximum atomic E-state index is 12.3. The highest BCUT2D eigenvalue weighted by molar-refractivity contribution is 7.99.